The molecule has 0 aliphatic carbocycles. The van der Waals surface area contributed by atoms with Gasteiger partial charge in [0.2, 0.25) is 0 Å². The summed E-state index contributed by atoms with van der Waals surface area (Å²) in [5, 5.41) is 0. The molecule has 1 nitrogen and oxygen atoms in total. The summed E-state index contributed by atoms with van der Waals surface area (Å²) < 4.78 is 0. The van der Waals surface area contributed by atoms with E-state index in [4.69, 9.17) is 0 Å². The first-order valence-corrected chi connectivity index (χ1v) is 2.72. The van der Waals surface area contributed by atoms with Gasteiger partial charge < -0.3 is 4.79 Å². The second-order valence-electron chi connectivity index (χ2n) is 1.79. The van der Waals surface area contributed by atoms with Crippen LogP contribution in [0.2, 0.25) is 0 Å². The van der Waals surface area contributed by atoms with Crippen molar-refractivity contribution < 1.29 is 70.2 Å². The van der Waals surface area contributed by atoms with Gasteiger partial charge in [0, 0.05) is 71.2 Å². The van der Waals surface area contributed by atoms with E-state index in [1.54, 1.807) is 12.1 Å². The van der Waals surface area contributed by atoms with Crippen molar-refractivity contribution in [3.63, 3.8) is 0 Å². The Labute approximate surface area is 117 Å². The van der Waals surface area contributed by atoms with Crippen LogP contribution in [0, 0.1) is 6.92 Å². The fourth-order valence-electron chi connectivity index (χ4n) is 0.624. The van der Waals surface area contributed by atoms with Gasteiger partial charge in [-0.1, -0.05) is 18.2 Å². The largest absolute Gasteiger partial charge is 0.332 e. The van der Waals surface area contributed by atoms with Crippen LogP contribution in [-0.4, -0.2) is 5.78 Å². The van der Waals surface area contributed by atoms with E-state index in [2.05, 4.69) is 6.92 Å². The first kappa shape index (κ1) is 14.5. The number of Topliss-reactive ketones (excluding diaryl/α,β-unsaturated/α-hetero) is 1. The van der Waals surface area contributed by atoms with Crippen LogP contribution < -0.4 is 0 Å². The molecule has 1 aromatic carbocycles. The monoisotopic (exact) mass is 297 g/mol. The van der Waals surface area contributed by atoms with Crippen molar-refractivity contribution in [3.8, 4) is 0 Å². The van der Waals surface area contributed by atoms with Gasteiger partial charge in [-0.05, 0) is 0 Å². The normalized spacial score (nSPS) is 7.27. The summed E-state index contributed by atoms with van der Waals surface area (Å²) in [6, 6.07) is 8.99. The van der Waals surface area contributed by atoms with Crippen molar-refractivity contribution in [2.45, 2.75) is 0 Å². The molecule has 3 heteroatoms. The third-order valence-corrected chi connectivity index (χ3v) is 1.10. The van der Waals surface area contributed by atoms with Gasteiger partial charge in [0.05, 0.1) is 0 Å². The Balaban J connectivity index is 0. The molecule has 0 fully saturated rings. The van der Waals surface area contributed by atoms with Crippen LogP contribution in [-0.2, 0) is 65.4 Å². The van der Waals surface area contributed by atoms with Crippen LogP contribution in [0.15, 0.2) is 30.3 Å². The molecule has 2 radical (unpaired) electrons. The van der Waals surface area contributed by atoms with Gasteiger partial charge in [-0.15, -0.1) is 17.7 Å². The number of hydrogen-bond acceptors (Lipinski definition) is 1. The van der Waals surface area contributed by atoms with Crippen molar-refractivity contribution in [1.82, 2.24) is 0 Å². The van der Waals surface area contributed by atoms with E-state index in [1.165, 1.54) is 0 Å². The topological polar surface area (TPSA) is 17.1 Å². The summed E-state index contributed by atoms with van der Waals surface area (Å²) in [6.07, 6.45) is 0. The van der Waals surface area contributed by atoms with E-state index in [9.17, 15) is 4.79 Å². The van der Waals surface area contributed by atoms with Crippen molar-refractivity contribution in [3.05, 3.63) is 42.8 Å². The van der Waals surface area contributed by atoms with Crippen molar-refractivity contribution >= 4 is 5.78 Å². The summed E-state index contributed by atoms with van der Waals surface area (Å²) in [6.45, 7) is 3.27. The molecule has 1 aromatic rings. The average Bonchev–Trinajstić information content (AvgIpc) is 1.90. The zero-order chi connectivity index (χ0) is 6.69. The van der Waals surface area contributed by atoms with Gasteiger partial charge >= 0.3 is 0 Å². The number of ketones is 1. The molecule has 0 atom stereocenters. The minimum Gasteiger partial charge on any atom is -0.332 e. The van der Waals surface area contributed by atoms with Gasteiger partial charge in [-0.2, -0.15) is 6.92 Å². The Kier molecular flexibility index (Phi) is 10.0. The third-order valence-electron chi connectivity index (χ3n) is 1.10. The van der Waals surface area contributed by atoms with Gasteiger partial charge in [0.1, 0.15) is 0 Å². The molecular formula is C8H7OY2-. The minimum atomic E-state index is -0.129. The molecule has 0 spiro atoms. The number of hydrogen-bond donors (Lipinski definition) is 0. The van der Waals surface area contributed by atoms with Crippen LogP contribution in [0.3, 0.4) is 0 Å². The molecule has 0 unspecified atom stereocenters. The smallest absolute Gasteiger partial charge is 0.0215 e. The third kappa shape index (κ3) is 5.25. The number of rotatable bonds is 1. The second kappa shape index (κ2) is 7.61. The van der Waals surface area contributed by atoms with Crippen molar-refractivity contribution in [2.75, 3.05) is 0 Å². The fourth-order valence-corrected chi connectivity index (χ4v) is 0.624. The van der Waals surface area contributed by atoms with E-state index in [0.29, 0.717) is 5.56 Å². The van der Waals surface area contributed by atoms with Crippen LogP contribution in [0.5, 0.6) is 0 Å². The van der Waals surface area contributed by atoms with E-state index >= 15 is 0 Å². The van der Waals surface area contributed by atoms with Crippen LogP contribution in [0.4, 0.5) is 0 Å². The zero-order valence-electron chi connectivity index (χ0n) is 6.16. The first-order chi connectivity index (χ1) is 4.30. The van der Waals surface area contributed by atoms with Gasteiger partial charge in [-0.3, -0.25) is 0 Å². The van der Waals surface area contributed by atoms with E-state index < -0.39 is 0 Å². The minimum absolute atomic E-state index is 0. The first-order valence-electron chi connectivity index (χ1n) is 2.72. The summed E-state index contributed by atoms with van der Waals surface area (Å²) in [7, 11) is 0. The summed E-state index contributed by atoms with van der Waals surface area (Å²) in [5.74, 6) is -0.129. The Bertz CT molecular complexity index is 209. The molecule has 0 bridgehead atoms. The number of carbonyl (C=O) groups excluding carboxylic acids is 1. The molecule has 52 valence electrons. The van der Waals surface area contributed by atoms with Crippen molar-refractivity contribution in [2.24, 2.45) is 0 Å². The second-order valence-corrected chi connectivity index (χ2v) is 1.79. The molecule has 0 aliphatic heterocycles. The summed E-state index contributed by atoms with van der Waals surface area (Å²) in [5.41, 5.74) is 0.664. The molecule has 1 rings (SSSR count). The Morgan fingerprint density at radius 2 is 1.55 bits per heavy atom. The van der Waals surface area contributed by atoms with Crippen LogP contribution in [0.1, 0.15) is 10.4 Å². The van der Waals surface area contributed by atoms with E-state index in [0.717, 1.165) is 0 Å². The Morgan fingerprint density at radius 3 is 1.82 bits per heavy atom. The maximum Gasteiger partial charge on any atom is 0.0215 e. The van der Waals surface area contributed by atoms with Gasteiger partial charge in [0.15, 0.2) is 0 Å². The Hall–Kier alpha value is 0.968. The van der Waals surface area contributed by atoms with E-state index in [1.807, 2.05) is 18.2 Å². The molecule has 0 heterocycles. The molecular weight excluding hydrogens is 290 g/mol. The Morgan fingerprint density at radius 1 is 1.09 bits per heavy atom. The average molecular weight is 297 g/mol. The zero-order valence-corrected chi connectivity index (χ0v) is 11.8. The quantitative estimate of drug-likeness (QED) is 0.569. The maximum atomic E-state index is 10.5. The molecule has 0 aliphatic rings. The number of carbonyl (C=O) groups is 1. The number of benzene rings is 1. The molecule has 0 saturated heterocycles. The van der Waals surface area contributed by atoms with Crippen molar-refractivity contribution in [1.29, 1.82) is 0 Å². The summed E-state index contributed by atoms with van der Waals surface area (Å²) in [4.78, 5) is 10.5. The van der Waals surface area contributed by atoms with E-state index in [-0.39, 0.29) is 71.2 Å². The molecule has 0 aromatic heterocycles. The van der Waals surface area contributed by atoms with Gasteiger partial charge in [-0.25, -0.2) is 0 Å². The fraction of sp³-hybridized carbons (Fsp3) is 0. The standard InChI is InChI=1S/C8H7O.2Y/c1-7(9)8-5-3-2-4-6-8;;/h2-6H,1H2;;/q-1;;. The van der Waals surface area contributed by atoms with Crippen LogP contribution in [0.25, 0.3) is 0 Å². The van der Waals surface area contributed by atoms with Crippen LogP contribution >= 0.6 is 0 Å². The molecule has 11 heavy (non-hydrogen) atoms. The maximum absolute atomic E-state index is 10.5. The summed E-state index contributed by atoms with van der Waals surface area (Å²) >= 11 is 0. The molecule has 0 N–H and O–H groups in total. The predicted molar refractivity (Wildman–Crippen MR) is 36.1 cm³/mol. The SMILES string of the molecule is [CH2-]C(=O)c1ccccc1.[Y].[Y]. The molecule has 0 amide bonds. The van der Waals surface area contributed by atoms with Gasteiger partial charge in [0.25, 0.3) is 0 Å². The predicted octanol–water partition coefficient (Wildman–Crippen LogP) is 1.70. The molecule has 0 saturated carbocycles.